The van der Waals surface area contributed by atoms with Gasteiger partial charge in [0.05, 0.1) is 17.2 Å². The molecule has 0 bridgehead atoms. The van der Waals surface area contributed by atoms with Crippen molar-refractivity contribution in [3.05, 3.63) is 99.4 Å². The van der Waals surface area contributed by atoms with Crippen LogP contribution in [0.1, 0.15) is 84.3 Å². The predicted molar refractivity (Wildman–Crippen MR) is 160 cm³/mol. The van der Waals surface area contributed by atoms with E-state index in [1.807, 2.05) is 6.07 Å². The van der Waals surface area contributed by atoms with Crippen LogP contribution >= 0.6 is 0 Å². The molecule has 1 saturated heterocycles. The average molecular weight is 610 g/mol. The van der Waals surface area contributed by atoms with Crippen LogP contribution < -0.4 is 0 Å². The number of carboxylic acid groups (broad SMARTS) is 1. The second-order valence-electron chi connectivity index (χ2n) is 12.8. The molecule has 5 nitrogen and oxygen atoms in total. The maximum atomic E-state index is 15.1. The fraction of sp³-hybridized carbons (Fsp3) is 0.371. The zero-order chi connectivity index (χ0) is 32.1. The van der Waals surface area contributed by atoms with E-state index >= 15 is 4.39 Å². The molecule has 1 aliphatic carbocycles. The average Bonchev–Trinajstić information content (AvgIpc) is 3.20. The van der Waals surface area contributed by atoms with E-state index in [4.69, 9.17) is 4.74 Å². The van der Waals surface area contributed by atoms with Crippen molar-refractivity contribution in [2.45, 2.75) is 72.2 Å². The van der Waals surface area contributed by atoms with Crippen molar-refractivity contribution in [3.8, 4) is 11.1 Å². The number of rotatable bonds is 6. The van der Waals surface area contributed by atoms with Gasteiger partial charge in [-0.1, -0.05) is 31.5 Å². The third-order valence-corrected chi connectivity index (χ3v) is 8.71. The number of benzene rings is 3. The van der Waals surface area contributed by atoms with Gasteiger partial charge in [-0.05, 0) is 127 Å². The molecule has 5 rings (SSSR count). The second-order valence-corrected chi connectivity index (χ2v) is 12.8. The smallest absolute Gasteiger partial charge is 0.416 e. The van der Waals surface area contributed by atoms with Crippen molar-refractivity contribution < 1.29 is 37.0 Å². The maximum absolute atomic E-state index is 15.1. The van der Waals surface area contributed by atoms with Crippen LogP contribution in [0.3, 0.4) is 0 Å². The SMILES string of the molecule is Cc1cc([C@H]2OC(=O)N(CC3=C(c4cc(F)cc(-c5ccc(C(=O)O)cc5C)c4)CCC(C)(C)C3)[C@H]2C)cc(C(F)(F)F)c1. The van der Waals surface area contributed by atoms with Crippen molar-refractivity contribution in [1.29, 1.82) is 0 Å². The summed E-state index contributed by atoms with van der Waals surface area (Å²) in [6, 6.07) is 12.7. The number of allylic oxidation sites excluding steroid dienone is 1. The van der Waals surface area contributed by atoms with Gasteiger partial charge in [-0.15, -0.1) is 0 Å². The summed E-state index contributed by atoms with van der Waals surface area (Å²) in [6.45, 7) is 9.59. The van der Waals surface area contributed by atoms with Crippen LogP contribution in [-0.4, -0.2) is 34.7 Å². The Bertz CT molecular complexity index is 1670. The van der Waals surface area contributed by atoms with Gasteiger partial charge in [0, 0.05) is 6.54 Å². The summed E-state index contributed by atoms with van der Waals surface area (Å²) < 4.78 is 61.4. The largest absolute Gasteiger partial charge is 0.478 e. The van der Waals surface area contributed by atoms with E-state index < -0.39 is 41.8 Å². The fourth-order valence-corrected chi connectivity index (χ4v) is 6.46. The Morgan fingerprint density at radius 2 is 1.75 bits per heavy atom. The van der Waals surface area contributed by atoms with Crippen LogP contribution in [0, 0.1) is 25.1 Å². The standard InChI is InChI=1S/C35H35F4NO4/c1-19-10-25(14-27(11-19)35(37,38)39)31-21(3)40(33(43)44-31)18-26-17-34(4,5)9-8-30(26)24-13-23(15-28(36)16-24)29-7-6-22(32(41)42)12-20(29)2/h6-7,10-16,21,31H,8-9,17-18H2,1-5H3,(H,41,42)/t21-,31-/m0/s1. The summed E-state index contributed by atoms with van der Waals surface area (Å²) in [5.74, 6) is -1.48. The minimum absolute atomic E-state index is 0.0807. The number of carbonyl (C=O) groups excluding carboxylic acids is 1. The van der Waals surface area contributed by atoms with Crippen molar-refractivity contribution >= 4 is 17.6 Å². The monoisotopic (exact) mass is 609 g/mol. The van der Waals surface area contributed by atoms with Gasteiger partial charge in [0.25, 0.3) is 0 Å². The van der Waals surface area contributed by atoms with E-state index in [1.165, 1.54) is 18.2 Å². The molecule has 0 saturated carbocycles. The van der Waals surface area contributed by atoms with Gasteiger partial charge in [-0.2, -0.15) is 13.2 Å². The zero-order valence-electron chi connectivity index (χ0n) is 25.3. The first kappa shape index (κ1) is 31.3. The second kappa shape index (κ2) is 11.4. The predicted octanol–water partition coefficient (Wildman–Crippen LogP) is 9.37. The Kier molecular flexibility index (Phi) is 8.12. The normalized spacial score (nSPS) is 20.2. The number of carbonyl (C=O) groups is 2. The minimum Gasteiger partial charge on any atom is -0.478 e. The van der Waals surface area contributed by atoms with Gasteiger partial charge >= 0.3 is 18.2 Å². The highest BCUT2D eigenvalue weighted by molar-refractivity contribution is 5.89. The lowest BCUT2D eigenvalue weighted by molar-refractivity contribution is -0.137. The highest BCUT2D eigenvalue weighted by Gasteiger charge is 2.42. The number of carboxylic acids is 1. The van der Waals surface area contributed by atoms with E-state index in [1.54, 1.807) is 43.9 Å². The van der Waals surface area contributed by atoms with Crippen LogP contribution in [0.4, 0.5) is 22.4 Å². The summed E-state index contributed by atoms with van der Waals surface area (Å²) in [7, 11) is 0. The lowest BCUT2D eigenvalue weighted by Crippen LogP contribution is -2.35. The molecular weight excluding hydrogens is 574 g/mol. The third-order valence-electron chi connectivity index (χ3n) is 8.71. The molecule has 0 spiro atoms. The topological polar surface area (TPSA) is 66.8 Å². The van der Waals surface area contributed by atoms with Crippen molar-refractivity contribution in [1.82, 2.24) is 4.90 Å². The lowest BCUT2D eigenvalue weighted by atomic mass is 9.72. The lowest BCUT2D eigenvalue weighted by Gasteiger charge is -2.35. The molecule has 1 heterocycles. The van der Waals surface area contributed by atoms with Gasteiger partial charge in [-0.3, -0.25) is 4.90 Å². The van der Waals surface area contributed by atoms with Crippen molar-refractivity contribution in [2.75, 3.05) is 6.54 Å². The number of alkyl halides is 3. The molecule has 232 valence electrons. The Balaban J connectivity index is 1.51. The third kappa shape index (κ3) is 6.37. The molecule has 1 N–H and O–H groups in total. The quantitative estimate of drug-likeness (QED) is 0.283. The molecule has 1 amide bonds. The number of aromatic carboxylic acids is 1. The van der Waals surface area contributed by atoms with Crippen LogP contribution in [-0.2, 0) is 10.9 Å². The van der Waals surface area contributed by atoms with E-state index in [0.29, 0.717) is 40.7 Å². The number of cyclic esters (lactones) is 1. The molecule has 44 heavy (non-hydrogen) atoms. The highest BCUT2D eigenvalue weighted by Crippen LogP contribution is 2.45. The van der Waals surface area contributed by atoms with E-state index in [-0.39, 0.29) is 23.1 Å². The van der Waals surface area contributed by atoms with Crippen LogP contribution in [0.5, 0.6) is 0 Å². The molecule has 0 aromatic heterocycles. The summed E-state index contributed by atoms with van der Waals surface area (Å²) in [5, 5.41) is 9.34. The number of halogens is 4. The molecule has 3 aromatic rings. The maximum Gasteiger partial charge on any atom is 0.416 e. The molecule has 1 fully saturated rings. The number of hydrogen-bond donors (Lipinski definition) is 1. The fourth-order valence-electron chi connectivity index (χ4n) is 6.46. The molecule has 2 atom stereocenters. The number of ether oxygens (including phenoxy) is 1. The molecule has 2 aliphatic rings. The summed E-state index contributed by atoms with van der Waals surface area (Å²) >= 11 is 0. The molecule has 9 heteroatoms. The first-order valence-electron chi connectivity index (χ1n) is 14.5. The number of hydrogen-bond acceptors (Lipinski definition) is 3. The minimum atomic E-state index is -4.53. The van der Waals surface area contributed by atoms with E-state index in [2.05, 4.69) is 13.8 Å². The number of aryl methyl sites for hydroxylation is 2. The van der Waals surface area contributed by atoms with Gasteiger partial charge in [0.2, 0.25) is 0 Å². The number of amides is 1. The molecule has 3 aromatic carbocycles. The van der Waals surface area contributed by atoms with Crippen molar-refractivity contribution in [3.63, 3.8) is 0 Å². The summed E-state index contributed by atoms with van der Waals surface area (Å²) in [4.78, 5) is 26.1. The van der Waals surface area contributed by atoms with E-state index in [0.717, 1.165) is 29.7 Å². The van der Waals surface area contributed by atoms with Crippen LogP contribution in [0.2, 0.25) is 0 Å². The van der Waals surface area contributed by atoms with E-state index in [9.17, 15) is 27.9 Å². The van der Waals surface area contributed by atoms with Gasteiger partial charge in [-0.25, -0.2) is 14.0 Å². The number of nitrogens with zero attached hydrogens (tertiary/aromatic N) is 1. The molecule has 0 unspecified atom stereocenters. The molecule has 1 aliphatic heterocycles. The first-order chi connectivity index (χ1) is 20.5. The Hall–Kier alpha value is -4.14. The van der Waals surface area contributed by atoms with Crippen molar-refractivity contribution in [2.24, 2.45) is 5.41 Å². The van der Waals surface area contributed by atoms with Gasteiger partial charge < -0.3 is 9.84 Å². The van der Waals surface area contributed by atoms with Crippen LogP contribution in [0.15, 0.2) is 60.2 Å². The highest BCUT2D eigenvalue weighted by atomic mass is 19.4. The molecule has 0 radical (unpaired) electrons. The van der Waals surface area contributed by atoms with Gasteiger partial charge in [0.15, 0.2) is 0 Å². The Morgan fingerprint density at radius 1 is 1.05 bits per heavy atom. The van der Waals surface area contributed by atoms with Gasteiger partial charge in [0.1, 0.15) is 11.9 Å². The van der Waals surface area contributed by atoms with Crippen LogP contribution in [0.25, 0.3) is 16.7 Å². The zero-order valence-corrected chi connectivity index (χ0v) is 25.3. The molecular formula is C35H35F4NO4. The Labute approximate surface area is 254 Å². The Morgan fingerprint density at radius 3 is 2.41 bits per heavy atom. The first-order valence-corrected chi connectivity index (χ1v) is 14.5. The summed E-state index contributed by atoms with van der Waals surface area (Å²) in [5.41, 5.74) is 4.55. The summed E-state index contributed by atoms with van der Waals surface area (Å²) in [6.07, 6.45) is -3.88.